The molecule has 1 aliphatic rings. The minimum atomic E-state index is 0.670. The molecule has 66 valence electrons. The molecular formula is C10H8ClNS. The molecule has 13 heavy (non-hydrogen) atoms. The van der Waals surface area contributed by atoms with Gasteiger partial charge >= 0.3 is 0 Å². The van der Waals surface area contributed by atoms with Crippen molar-refractivity contribution in [3.8, 4) is 0 Å². The molecule has 0 saturated carbocycles. The lowest BCUT2D eigenvalue weighted by atomic mass is 10.2. The zero-order chi connectivity index (χ0) is 9.42. The van der Waals surface area contributed by atoms with E-state index in [1.54, 1.807) is 17.6 Å². The molecule has 2 rings (SSSR count). The SMILES string of the molecule is CC1=C=C(Cl)c2c(C)csc2N=C1. The maximum absolute atomic E-state index is 6.10. The zero-order valence-electron chi connectivity index (χ0n) is 7.39. The maximum Gasteiger partial charge on any atom is 0.125 e. The van der Waals surface area contributed by atoms with E-state index in [1.807, 2.05) is 13.8 Å². The van der Waals surface area contributed by atoms with Gasteiger partial charge in [0, 0.05) is 17.4 Å². The van der Waals surface area contributed by atoms with Crippen molar-refractivity contribution in [3.05, 3.63) is 27.8 Å². The molecule has 0 aromatic carbocycles. The summed E-state index contributed by atoms with van der Waals surface area (Å²) in [4.78, 5) is 4.33. The molecule has 1 aliphatic heterocycles. The highest BCUT2D eigenvalue weighted by Crippen LogP contribution is 2.38. The molecule has 1 aromatic rings. The van der Waals surface area contributed by atoms with Crippen molar-refractivity contribution >= 4 is 39.2 Å². The van der Waals surface area contributed by atoms with Gasteiger partial charge in [-0.15, -0.1) is 11.3 Å². The van der Waals surface area contributed by atoms with Crippen molar-refractivity contribution in [3.63, 3.8) is 0 Å². The van der Waals surface area contributed by atoms with E-state index in [4.69, 9.17) is 11.6 Å². The second-order valence-corrected chi connectivity index (χ2v) is 4.22. The van der Waals surface area contributed by atoms with Crippen LogP contribution in [0.15, 0.2) is 21.7 Å². The van der Waals surface area contributed by atoms with Gasteiger partial charge in [0.1, 0.15) is 5.00 Å². The average molecular weight is 210 g/mol. The van der Waals surface area contributed by atoms with Crippen molar-refractivity contribution in [2.24, 2.45) is 4.99 Å². The zero-order valence-corrected chi connectivity index (χ0v) is 8.96. The number of nitrogens with zero attached hydrogens (tertiary/aromatic N) is 1. The molecule has 0 spiro atoms. The monoisotopic (exact) mass is 209 g/mol. The van der Waals surface area contributed by atoms with Gasteiger partial charge in [-0.2, -0.15) is 0 Å². The summed E-state index contributed by atoms with van der Waals surface area (Å²) in [6.07, 6.45) is 1.80. The number of hydrogen-bond acceptors (Lipinski definition) is 2. The molecule has 1 nitrogen and oxygen atoms in total. The normalized spacial score (nSPS) is 14.7. The Bertz CT molecular complexity index is 447. The number of rotatable bonds is 0. The van der Waals surface area contributed by atoms with Gasteiger partial charge in [0.05, 0.1) is 5.03 Å². The van der Waals surface area contributed by atoms with Gasteiger partial charge in [-0.1, -0.05) is 17.3 Å². The Balaban J connectivity index is 2.76. The van der Waals surface area contributed by atoms with Crippen molar-refractivity contribution < 1.29 is 0 Å². The lowest BCUT2D eigenvalue weighted by Gasteiger charge is -1.94. The Kier molecular flexibility index (Phi) is 2.12. The van der Waals surface area contributed by atoms with Gasteiger partial charge in [0.2, 0.25) is 0 Å². The van der Waals surface area contributed by atoms with Crippen LogP contribution in [0.2, 0.25) is 0 Å². The summed E-state index contributed by atoms with van der Waals surface area (Å²) in [5.41, 5.74) is 6.24. The molecule has 0 atom stereocenters. The predicted molar refractivity (Wildman–Crippen MR) is 59.2 cm³/mol. The number of aliphatic imine (C=N–C) groups is 1. The summed E-state index contributed by atoms with van der Waals surface area (Å²) in [6, 6.07) is 0. The number of thiophene rings is 1. The van der Waals surface area contributed by atoms with Crippen molar-refractivity contribution in [2.45, 2.75) is 13.8 Å². The largest absolute Gasteiger partial charge is 0.244 e. The molecule has 2 heterocycles. The third-order valence-electron chi connectivity index (χ3n) is 1.86. The molecule has 0 amide bonds. The Morgan fingerprint density at radius 3 is 3.00 bits per heavy atom. The lowest BCUT2D eigenvalue weighted by Crippen LogP contribution is -1.74. The van der Waals surface area contributed by atoms with Gasteiger partial charge in [-0.05, 0) is 24.8 Å². The number of fused-ring (bicyclic) bond motifs is 1. The number of aryl methyl sites for hydroxylation is 1. The fraction of sp³-hybridized carbons (Fsp3) is 0.200. The Labute approximate surface area is 86.1 Å². The van der Waals surface area contributed by atoms with Crippen molar-refractivity contribution in [1.82, 2.24) is 0 Å². The van der Waals surface area contributed by atoms with E-state index >= 15 is 0 Å². The van der Waals surface area contributed by atoms with E-state index in [2.05, 4.69) is 16.1 Å². The van der Waals surface area contributed by atoms with Crippen LogP contribution in [0, 0.1) is 6.92 Å². The quantitative estimate of drug-likeness (QED) is 0.575. The molecule has 0 aliphatic carbocycles. The minimum Gasteiger partial charge on any atom is -0.244 e. The Hall–Kier alpha value is -0.820. The highest BCUT2D eigenvalue weighted by atomic mass is 35.5. The summed E-state index contributed by atoms with van der Waals surface area (Å²) in [7, 11) is 0. The van der Waals surface area contributed by atoms with E-state index in [-0.39, 0.29) is 0 Å². The first-order valence-electron chi connectivity index (χ1n) is 3.94. The molecule has 0 radical (unpaired) electrons. The number of halogens is 1. The van der Waals surface area contributed by atoms with E-state index in [1.165, 1.54) is 5.56 Å². The highest BCUT2D eigenvalue weighted by molar-refractivity contribution is 7.14. The molecule has 1 aromatic heterocycles. The van der Waals surface area contributed by atoms with Crippen LogP contribution in [0.5, 0.6) is 0 Å². The summed E-state index contributed by atoms with van der Waals surface area (Å²) in [5.74, 6) is 0. The van der Waals surface area contributed by atoms with Crippen LogP contribution in [-0.4, -0.2) is 6.21 Å². The molecule has 0 saturated heterocycles. The van der Waals surface area contributed by atoms with E-state index in [0.29, 0.717) is 5.03 Å². The van der Waals surface area contributed by atoms with E-state index in [0.717, 1.165) is 16.1 Å². The van der Waals surface area contributed by atoms with Crippen LogP contribution in [0.1, 0.15) is 18.1 Å². The Morgan fingerprint density at radius 2 is 2.23 bits per heavy atom. The first-order chi connectivity index (χ1) is 6.18. The van der Waals surface area contributed by atoms with E-state index < -0.39 is 0 Å². The fourth-order valence-electron chi connectivity index (χ4n) is 1.22. The summed E-state index contributed by atoms with van der Waals surface area (Å²) in [5, 5.41) is 3.71. The van der Waals surface area contributed by atoms with Gasteiger partial charge in [-0.3, -0.25) is 0 Å². The molecule has 0 bridgehead atoms. The second kappa shape index (κ2) is 3.15. The molecule has 0 unspecified atom stereocenters. The van der Waals surface area contributed by atoms with Crippen LogP contribution < -0.4 is 0 Å². The number of allylic oxidation sites excluding steroid dienone is 1. The third kappa shape index (κ3) is 1.49. The molecule has 0 fully saturated rings. The summed E-state index contributed by atoms with van der Waals surface area (Å²) in [6.45, 7) is 3.98. The average Bonchev–Trinajstić information content (AvgIpc) is 2.36. The minimum absolute atomic E-state index is 0.670. The predicted octanol–water partition coefficient (Wildman–Crippen LogP) is 3.90. The topological polar surface area (TPSA) is 12.4 Å². The molecular weight excluding hydrogens is 202 g/mol. The fourth-order valence-corrected chi connectivity index (χ4v) is 2.56. The molecule has 0 N–H and O–H groups in total. The second-order valence-electron chi connectivity index (χ2n) is 2.98. The Morgan fingerprint density at radius 1 is 1.46 bits per heavy atom. The first kappa shape index (κ1) is 8.76. The van der Waals surface area contributed by atoms with Crippen LogP contribution in [-0.2, 0) is 0 Å². The standard InChI is InChI=1S/C10H8ClNS/c1-6-3-8(11)9-7(2)5-13-10(9)12-4-6/h4-5H,1-2H3. The summed E-state index contributed by atoms with van der Waals surface area (Å²) >= 11 is 7.72. The smallest absolute Gasteiger partial charge is 0.125 e. The molecule has 3 heteroatoms. The third-order valence-corrected chi connectivity index (χ3v) is 3.15. The number of hydrogen-bond donors (Lipinski definition) is 0. The van der Waals surface area contributed by atoms with Crippen LogP contribution in [0.4, 0.5) is 5.00 Å². The van der Waals surface area contributed by atoms with Gasteiger partial charge in [0.25, 0.3) is 0 Å². The highest BCUT2D eigenvalue weighted by Gasteiger charge is 2.12. The lowest BCUT2D eigenvalue weighted by molar-refractivity contribution is 1.50. The van der Waals surface area contributed by atoms with Crippen molar-refractivity contribution in [1.29, 1.82) is 0 Å². The van der Waals surface area contributed by atoms with Gasteiger partial charge in [-0.25, -0.2) is 4.99 Å². The van der Waals surface area contributed by atoms with Crippen molar-refractivity contribution in [2.75, 3.05) is 0 Å². The summed E-state index contributed by atoms with van der Waals surface area (Å²) < 4.78 is 0. The van der Waals surface area contributed by atoms with E-state index in [9.17, 15) is 0 Å². The van der Waals surface area contributed by atoms with Gasteiger partial charge in [0.15, 0.2) is 0 Å². The van der Waals surface area contributed by atoms with Crippen LogP contribution >= 0.6 is 22.9 Å². The van der Waals surface area contributed by atoms with Crippen LogP contribution in [0.3, 0.4) is 0 Å². The first-order valence-corrected chi connectivity index (χ1v) is 5.20. The van der Waals surface area contributed by atoms with Gasteiger partial charge < -0.3 is 0 Å². The van der Waals surface area contributed by atoms with Crippen LogP contribution in [0.25, 0.3) is 5.03 Å². The maximum atomic E-state index is 6.10.